The molecule has 0 bridgehead atoms. The minimum absolute atomic E-state index is 0.604. The number of hydrogen-bond donors (Lipinski definition) is 1. The first-order chi connectivity index (χ1) is 7.20. The van der Waals surface area contributed by atoms with Gasteiger partial charge in [-0.1, -0.05) is 18.2 Å². The van der Waals surface area contributed by atoms with E-state index in [-0.39, 0.29) is 0 Å². The summed E-state index contributed by atoms with van der Waals surface area (Å²) in [6, 6.07) is 5.97. The van der Waals surface area contributed by atoms with Gasteiger partial charge in [-0.05, 0) is 36.6 Å². The summed E-state index contributed by atoms with van der Waals surface area (Å²) in [4.78, 5) is 0. The van der Waals surface area contributed by atoms with Gasteiger partial charge in [0.25, 0.3) is 0 Å². The zero-order valence-electron chi connectivity index (χ0n) is 9.16. The largest absolute Gasteiger partial charge is 0.495 e. The molecule has 0 fully saturated rings. The number of aliphatic hydroxyl groups excluding tert-OH is 1. The van der Waals surface area contributed by atoms with E-state index in [2.05, 4.69) is 13.0 Å². The van der Waals surface area contributed by atoms with Gasteiger partial charge in [0, 0.05) is 6.42 Å². The van der Waals surface area contributed by atoms with Crippen molar-refractivity contribution in [3.05, 3.63) is 46.7 Å². The zero-order valence-corrected chi connectivity index (χ0v) is 9.16. The SMILES string of the molecule is Cc1cccc(C(O)C2=CCCO2)c1C. The predicted octanol–water partition coefficient (Wildman–Crippen LogP) is 2.64. The first kappa shape index (κ1) is 10.2. The maximum absolute atomic E-state index is 10.1. The van der Waals surface area contributed by atoms with Crippen LogP contribution >= 0.6 is 0 Å². The highest BCUT2D eigenvalue weighted by Gasteiger charge is 2.19. The Morgan fingerprint density at radius 2 is 2.13 bits per heavy atom. The second-order valence-corrected chi connectivity index (χ2v) is 3.94. The lowest BCUT2D eigenvalue weighted by Crippen LogP contribution is -2.05. The van der Waals surface area contributed by atoms with Crippen LogP contribution in [0, 0.1) is 13.8 Å². The van der Waals surface area contributed by atoms with Crippen LogP contribution < -0.4 is 0 Å². The van der Waals surface area contributed by atoms with Gasteiger partial charge in [-0.2, -0.15) is 0 Å². The summed E-state index contributed by atoms with van der Waals surface area (Å²) in [5.74, 6) is 0.698. The van der Waals surface area contributed by atoms with Crippen molar-refractivity contribution >= 4 is 0 Å². The van der Waals surface area contributed by atoms with Gasteiger partial charge >= 0.3 is 0 Å². The normalized spacial score (nSPS) is 17.1. The second kappa shape index (κ2) is 4.07. The van der Waals surface area contributed by atoms with Crippen LogP contribution in [0.4, 0.5) is 0 Å². The maximum Gasteiger partial charge on any atom is 0.136 e. The van der Waals surface area contributed by atoms with E-state index in [1.165, 1.54) is 5.56 Å². The fraction of sp³-hybridized carbons (Fsp3) is 0.385. The summed E-state index contributed by atoms with van der Waals surface area (Å²) in [6.45, 7) is 4.77. The van der Waals surface area contributed by atoms with Gasteiger partial charge in [0.05, 0.1) is 6.61 Å². The van der Waals surface area contributed by atoms with Crippen LogP contribution in [0.15, 0.2) is 30.0 Å². The van der Waals surface area contributed by atoms with Crippen molar-refractivity contribution in [3.63, 3.8) is 0 Å². The molecule has 1 aliphatic rings. The molecule has 2 rings (SSSR count). The third-order valence-corrected chi connectivity index (χ3v) is 2.94. The van der Waals surface area contributed by atoms with E-state index in [0.29, 0.717) is 12.4 Å². The lowest BCUT2D eigenvalue weighted by Gasteiger charge is -2.16. The molecule has 1 N–H and O–H groups in total. The molecule has 1 aromatic rings. The molecule has 0 spiro atoms. The average Bonchev–Trinajstić information content (AvgIpc) is 2.74. The summed E-state index contributed by atoms with van der Waals surface area (Å²) in [7, 11) is 0. The second-order valence-electron chi connectivity index (χ2n) is 3.94. The first-order valence-corrected chi connectivity index (χ1v) is 5.27. The number of hydrogen-bond acceptors (Lipinski definition) is 2. The van der Waals surface area contributed by atoms with E-state index < -0.39 is 6.10 Å². The highest BCUT2D eigenvalue weighted by atomic mass is 16.5. The minimum Gasteiger partial charge on any atom is -0.495 e. The minimum atomic E-state index is -0.604. The summed E-state index contributed by atoms with van der Waals surface area (Å²) < 4.78 is 5.38. The molecule has 0 saturated heterocycles. The van der Waals surface area contributed by atoms with Crippen LogP contribution in [0.5, 0.6) is 0 Å². The van der Waals surface area contributed by atoms with Gasteiger partial charge in [0.15, 0.2) is 0 Å². The molecule has 1 atom stereocenters. The van der Waals surface area contributed by atoms with Crippen LogP contribution in [0.2, 0.25) is 0 Å². The molecule has 15 heavy (non-hydrogen) atoms. The number of aryl methyl sites for hydroxylation is 1. The molecule has 0 amide bonds. The number of ether oxygens (including phenoxy) is 1. The Hall–Kier alpha value is -1.28. The molecule has 1 heterocycles. The Bertz CT molecular complexity index is 394. The van der Waals surface area contributed by atoms with Crippen LogP contribution in [-0.4, -0.2) is 11.7 Å². The van der Waals surface area contributed by atoms with Crippen molar-refractivity contribution in [2.45, 2.75) is 26.4 Å². The zero-order chi connectivity index (χ0) is 10.8. The molecule has 1 unspecified atom stereocenters. The third-order valence-electron chi connectivity index (χ3n) is 2.94. The molecular weight excluding hydrogens is 188 g/mol. The quantitative estimate of drug-likeness (QED) is 0.802. The van der Waals surface area contributed by atoms with Gasteiger partial charge in [0.2, 0.25) is 0 Å². The fourth-order valence-corrected chi connectivity index (χ4v) is 1.85. The fourth-order valence-electron chi connectivity index (χ4n) is 1.85. The van der Waals surface area contributed by atoms with Crippen molar-refractivity contribution in [2.24, 2.45) is 0 Å². The van der Waals surface area contributed by atoms with Crippen LogP contribution in [0.25, 0.3) is 0 Å². The van der Waals surface area contributed by atoms with Crippen LogP contribution in [0.3, 0.4) is 0 Å². The van der Waals surface area contributed by atoms with Gasteiger partial charge in [0.1, 0.15) is 11.9 Å². The van der Waals surface area contributed by atoms with E-state index in [0.717, 1.165) is 17.5 Å². The molecule has 0 radical (unpaired) electrons. The van der Waals surface area contributed by atoms with Crippen molar-refractivity contribution < 1.29 is 9.84 Å². The third kappa shape index (κ3) is 1.90. The van der Waals surface area contributed by atoms with Crippen molar-refractivity contribution in [3.8, 4) is 0 Å². The average molecular weight is 204 g/mol. The molecule has 2 nitrogen and oxygen atoms in total. The van der Waals surface area contributed by atoms with Gasteiger partial charge < -0.3 is 9.84 Å². The van der Waals surface area contributed by atoms with E-state index in [1.54, 1.807) is 0 Å². The molecule has 2 heteroatoms. The topological polar surface area (TPSA) is 29.5 Å². The molecule has 80 valence electrons. The first-order valence-electron chi connectivity index (χ1n) is 5.27. The monoisotopic (exact) mass is 204 g/mol. The summed E-state index contributed by atoms with van der Waals surface area (Å²) in [6.07, 6.45) is 2.26. The van der Waals surface area contributed by atoms with E-state index in [4.69, 9.17) is 4.74 Å². The van der Waals surface area contributed by atoms with Crippen LogP contribution in [-0.2, 0) is 4.74 Å². The van der Waals surface area contributed by atoms with Crippen molar-refractivity contribution in [1.29, 1.82) is 0 Å². The number of aliphatic hydroxyl groups is 1. The maximum atomic E-state index is 10.1. The highest BCUT2D eigenvalue weighted by Crippen LogP contribution is 2.29. The van der Waals surface area contributed by atoms with Gasteiger partial charge in [-0.3, -0.25) is 0 Å². The van der Waals surface area contributed by atoms with E-state index >= 15 is 0 Å². The Morgan fingerprint density at radius 1 is 1.33 bits per heavy atom. The van der Waals surface area contributed by atoms with E-state index in [1.807, 2.05) is 25.1 Å². The summed E-state index contributed by atoms with van der Waals surface area (Å²) in [5.41, 5.74) is 3.29. The standard InChI is InChI=1S/C13H16O2/c1-9-5-3-6-11(10(9)2)13(14)12-7-4-8-15-12/h3,5-7,13-14H,4,8H2,1-2H3. The molecule has 0 saturated carbocycles. The lowest BCUT2D eigenvalue weighted by atomic mass is 9.98. The Morgan fingerprint density at radius 3 is 2.80 bits per heavy atom. The smallest absolute Gasteiger partial charge is 0.136 e. The lowest BCUT2D eigenvalue weighted by molar-refractivity contribution is 0.118. The number of benzene rings is 1. The molecular formula is C13H16O2. The van der Waals surface area contributed by atoms with Crippen molar-refractivity contribution in [2.75, 3.05) is 6.61 Å². The Kier molecular flexibility index (Phi) is 2.78. The van der Waals surface area contributed by atoms with Crippen LogP contribution in [0.1, 0.15) is 29.2 Å². The molecule has 1 aliphatic heterocycles. The highest BCUT2D eigenvalue weighted by molar-refractivity contribution is 5.37. The van der Waals surface area contributed by atoms with Crippen molar-refractivity contribution in [1.82, 2.24) is 0 Å². The number of rotatable bonds is 2. The summed E-state index contributed by atoms with van der Waals surface area (Å²) >= 11 is 0. The molecule has 0 aliphatic carbocycles. The van der Waals surface area contributed by atoms with Gasteiger partial charge in [-0.15, -0.1) is 0 Å². The Balaban J connectivity index is 2.32. The summed E-state index contributed by atoms with van der Waals surface area (Å²) in [5, 5.41) is 10.1. The van der Waals surface area contributed by atoms with E-state index in [9.17, 15) is 5.11 Å². The Labute approximate surface area is 90.2 Å². The van der Waals surface area contributed by atoms with Gasteiger partial charge in [-0.25, -0.2) is 0 Å². The molecule has 0 aromatic heterocycles. The predicted molar refractivity (Wildman–Crippen MR) is 59.5 cm³/mol. The molecule has 1 aromatic carbocycles.